The molecule has 3 saturated heterocycles. The Morgan fingerprint density at radius 2 is 1.63 bits per heavy atom. The maximum absolute atomic E-state index is 14.7. The van der Waals surface area contributed by atoms with E-state index >= 15 is 0 Å². The number of ether oxygens (including phenoxy) is 2. The fourth-order valence-corrected chi connectivity index (χ4v) is 7.42. The third-order valence-corrected chi connectivity index (χ3v) is 9.07. The van der Waals surface area contributed by atoms with Crippen LogP contribution in [0.3, 0.4) is 0 Å². The van der Waals surface area contributed by atoms with Crippen LogP contribution in [-0.2, 0) is 30.4 Å². The molecule has 0 aromatic heterocycles. The predicted octanol–water partition coefficient (Wildman–Crippen LogP) is 3.96. The molecule has 0 saturated carbocycles. The highest BCUT2D eigenvalue weighted by atomic mass is 19.1. The second-order valence-electron chi connectivity index (χ2n) is 11.8. The lowest BCUT2D eigenvalue weighted by atomic mass is 9.73. The minimum atomic E-state index is -2.00. The molecule has 43 heavy (non-hydrogen) atoms. The van der Waals surface area contributed by atoms with E-state index in [4.69, 9.17) is 9.47 Å². The lowest BCUT2D eigenvalue weighted by Gasteiger charge is -2.55. The van der Waals surface area contributed by atoms with Gasteiger partial charge in [-0.3, -0.25) is 9.59 Å². The molecule has 226 valence electrons. The van der Waals surface area contributed by atoms with Gasteiger partial charge in [-0.05, 0) is 42.2 Å². The average molecular weight is 591 g/mol. The van der Waals surface area contributed by atoms with E-state index in [1.807, 2.05) is 26.0 Å². The van der Waals surface area contributed by atoms with E-state index in [9.17, 15) is 29.3 Å². The topological polar surface area (TPSA) is 132 Å². The van der Waals surface area contributed by atoms with Gasteiger partial charge >= 0.3 is 5.97 Å². The fourth-order valence-electron chi connectivity index (χ4n) is 7.42. The van der Waals surface area contributed by atoms with Crippen molar-refractivity contribution in [2.24, 2.45) is 5.92 Å². The number of morpholine rings is 1. The van der Waals surface area contributed by atoms with Crippen LogP contribution in [0.1, 0.15) is 44.2 Å². The summed E-state index contributed by atoms with van der Waals surface area (Å²) in [5, 5.41) is 35.9. The molecule has 3 aromatic rings. The monoisotopic (exact) mass is 590 g/mol. The Balaban J connectivity index is 1.57. The Morgan fingerprint density at radius 3 is 2.23 bits per heavy atom. The van der Waals surface area contributed by atoms with E-state index in [2.05, 4.69) is 5.32 Å². The first-order chi connectivity index (χ1) is 20.5. The van der Waals surface area contributed by atoms with Gasteiger partial charge in [-0.2, -0.15) is 0 Å². The predicted molar refractivity (Wildman–Crippen MR) is 154 cm³/mol. The molecule has 3 aliphatic rings. The van der Waals surface area contributed by atoms with Crippen LogP contribution in [0.5, 0.6) is 0 Å². The van der Waals surface area contributed by atoms with E-state index in [-0.39, 0.29) is 13.0 Å². The number of carbonyl (C=O) groups is 2. The van der Waals surface area contributed by atoms with Crippen LogP contribution in [0.4, 0.5) is 10.1 Å². The molecule has 1 amide bonds. The van der Waals surface area contributed by atoms with E-state index in [0.29, 0.717) is 23.2 Å². The highest BCUT2D eigenvalue weighted by Crippen LogP contribution is 2.79. The van der Waals surface area contributed by atoms with Gasteiger partial charge in [0.05, 0.1) is 18.6 Å². The molecular weight excluding hydrogens is 555 g/mol. The van der Waals surface area contributed by atoms with Crippen molar-refractivity contribution in [2.45, 2.75) is 68.0 Å². The number of aliphatic hydroxyl groups is 2. The Morgan fingerprint density at radius 1 is 1.00 bits per heavy atom. The molecule has 4 N–H and O–H groups in total. The first-order valence-electron chi connectivity index (χ1n) is 14.5. The molecule has 6 rings (SSSR count). The fraction of sp³-hybridized carbons (Fsp3) is 0.394. The number of carboxylic acids is 1. The number of nitrogens with zero attached hydrogens (tertiary/aromatic N) is 1. The van der Waals surface area contributed by atoms with Crippen LogP contribution < -0.4 is 5.32 Å². The van der Waals surface area contributed by atoms with Crippen molar-refractivity contribution in [3.63, 3.8) is 0 Å². The van der Waals surface area contributed by atoms with Gasteiger partial charge in [0.15, 0.2) is 17.1 Å². The molecule has 0 radical (unpaired) electrons. The SMILES string of the molecule is CC(C)[C@@]12O[C@@H](C[C@H](O)CC(=O)O)CCN1[C@@](O)(c1ccc(F)cc1)[C@]1(c3ccccc3)O[C@@]12C(=O)Nc1ccccc1. The minimum absolute atomic E-state index is 0.0122. The van der Waals surface area contributed by atoms with Crippen molar-refractivity contribution >= 4 is 17.6 Å². The van der Waals surface area contributed by atoms with E-state index in [0.717, 1.165) is 0 Å². The zero-order valence-electron chi connectivity index (χ0n) is 23.9. The zero-order valence-corrected chi connectivity index (χ0v) is 23.9. The second-order valence-corrected chi connectivity index (χ2v) is 11.8. The standard InChI is InChI=1S/C33H35FN2O7/c1-21(2)33-31(29(40)35-25-11-7-4-8-12-25)30(43-31,22-9-5-3-6-10-22)32(41,23-13-15-24(34)16-14-23)36(33)18-17-27(42-33)19-26(37)20-28(38)39/h3-16,21,26-27,37,41H,17-20H2,1-2H3,(H,35,40)(H,38,39)/t26-,27+,30+,31-,32+,33-/m0/s1. The highest BCUT2D eigenvalue weighted by molar-refractivity contribution is 6.03. The third-order valence-electron chi connectivity index (χ3n) is 9.07. The number of para-hydroxylation sites is 1. The van der Waals surface area contributed by atoms with Crippen LogP contribution >= 0.6 is 0 Å². The number of fused-ring (bicyclic) bond motifs is 3. The van der Waals surface area contributed by atoms with Crippen molar-refractivity contribution in [3.8, 4) is 0 Å². The van der Waals surface area contributed by atoms with Crippen molar-refractivity contribution in [2.75, 3.05) is 11.9 Å². The van der Waals surface area contributed by atoms with Crippen molar-refractivity contribution in [1.82, 2.24) is 4.90 Å². The average Bonchev–Trinajstić information content (AvgIpc) is 3.67. The van der Waals surface area contributed by atoms with E-state index < -0.39 is 64.9 Å². The molecular formula is C33H35FN2O7. The number of carboxylic acid groups (broad SMARTS) is 1. The summed E-state index contributed by atoms with van der Waals surface area (Å²) in [4.78, 5) is 27.8. The quantitative estimate of drug-likeness (QED) is 0.276. The van der Waals surface area contributed by atoms with Gasteiger partial charge in [0.25, 0.3) is 5.91 Å². The Labute approximate surface area is 248 Å². The summed E-state index contributed by atoms with van der Waals surface area (Å²) in [6.07, 6.45) is -1.94. The van der Waals surface area contributed by atoms with Crippen LogP contribution in [0.25, 0.3) is 0 Å². The maximum atomic E-state index is 14.7. The molecule has 0 aliphatic carbocycles. The van der Waals surface area contributed by atoms with Gasteiger partial charge in [-0.1, -0.05) is 74.5 Å². The molecule has 0 spiro atoms. The number of aliphatic carboxylic acids is 1. The van der Waals surface area contributed by atoms with E-state index in [1.54, 1.807) is 53.4 Å². The van der Waals surface area contributed by atoms with Gasteiger partial charge in [0.1, 0.15) is 5.82 Å². The van der Waals surface area contributed by atoms with Crippen LogP contribution in [0.15, 0.2) is 84.9 Å². The number of hydrogen-bond acceptors (Lipinski definition) is 7. The summed E-state index contributed by atoms with van der Waals surface area (Å²) in [5.41, 5.74) is -5.71. The number of rotatable bonds is 9. The molecule has 3 fully saturated rings. The second kappa shape index (κ2) is 10.5. The summed E-state index contributed by atoms with van der Waals surface area (Å²) < 4.78 is 27.8. The third kappa shape index (κ3) is 4.08. The van der Waals surface area contributed by atoms with Crippen molar-refractivity contribution < 1.29 is 38.8 Å². The smallest absolute Gasteiger partial charge is 0.305 e. The molecule has 0 bridgehead atoms. The number of benzene rings is 3. The van der Waals surface area contributed by atoms with Gasteiger partial charge in [0, 0.05) is 24.2 Å². The highest BCUT2D eigenvalue weighted by Gasteiger charge is 2.99. The maximum Gasteiger partial charge on any atom is 0.305 e. The zero-order chi connectivity index (χ0) is 30.6. The molecule has 10 heteroatoms. The summed E-state index contributed by atoms with van der Waals surface area (Å²) in [6, 6.07) is 23.4. The lowest BCUT2D eigenvalue weighted by Crippen LogP contribution is -2.70. The largest absolute Gasteiger partial charge is 0.481 e. The number of aliphatic hydroxyl groups excluding tert-OH is 1. The summed E-state index contributed by atoms with van der Waals surface area (Å²) >= 11 is 0. The molecule has 3 heterocycles. The molecule has 3 aliphatic heterocycles. The number of halogens is 1. The van der Waals surface area contributed by atoms with Gasteiger partial charge in [-0.15, -0.1) is 0 Å². The summed E-state index contributed by atoms with van der Waals surface area (Å²) in [5.74, 6) is -2.62. The van der Waals surface area contributed by atoms with Crippen LogP contribution in [0.2, 0.25) is 0 Å². The molecule has 6 atom stereocenters. The number of amides is 1. The van der Waals surface area contributed by atoms with Gasteiger partial charge in [0.2, 0.25) is 5.60 Å². The van der Waals surface area contributed by atoms with Crippen LogP contribution in [-0.4, -0.2) is 62.2 Å². The first kappa shape index (κ1) is 29.4. The summed E-state index contributed by atoms with van der Waals surface area (Å²) in [7, 11) is 0. The molecule has 3 aromatic carbocycles. The van der Waals surface area contributed by atoms with Crippen LogP contribution in [0, 0.1) is 11.7 Å². The number of anilines is 1. The van der Waals surface area contributed by atoms with Crippen molar-refractivity contribution in [1.29, 1.82) is 0 Å². The Hall–Kier alpha value is -3.67. The van der Waals surface area contributed by atoms with E-state index in [1.165, 1.54) is 24.3 Å². The normalized spacial score (nSPS) is 32.1. The van der Waals surface area contributed by atoms with Crippen molar-refractivity contribution in [3.05, 3.63) is 102 Å². The van der Waals surface area contributed by atoms with Gasteiger partial charge < -0.3 is 30.1 Å². The lowest BCUT2D eigenvalue weighted by molar-refractivity contribution is -0.327. The minimum Gasteiger partial charge on any atom is -0.481 e. The first-order valence-corrected chi connectivity index (χ1v) is 14.5. The number of epoxide rings is 1. The molecule has 0 unspecified atom stereocenters. The number of hydrogen-bond donors (Lipinski definition) is 4. The summed E-state index contributed by atoms with van der Waals surface area (Å²) in [6.45, 7) is 3.96. The Bertz CT molecular complexity index is 1510. The Kier molecular flexibility index (Phi) is 7.18. The number of carbonyl (C=O) groups excluding carboxylic acids is 1. The number of nitrogens with one attached hydrogen (secondary N) is 1. The molecule has 9 nitrogen and oxygen atoms in total. The van der Waals surface area contributed by atoms with Gasteiger partial charge in [-0.25, -0.2) is 9.29 Å².